The minimum atomic E-state index is -0.00447. The third-order valence-electron chi connectivity index (χ3n) is 2.75. The first-order valence-electron chi connectivity index (χ1n) is 6.24. The minimum Gasteiger partial charge on any atom is -0.395 e. The number of carbonyl (C=O) groups excluding carboxylic acids is 1. The zero-order valence-electron chi connectivity index (χ0n) is 10.6. The average Bonchev–Trinajstić information content (AvgIpc) is 2.48. The fourth-order valence-electron chi connectivity index (χ4n) is 1.74. The van der Waals surface area contributed by atoms with E-state index in [2.05, 4.69) is 16.8 Å². The number of aliphatic hydroxyl groups is 1. The van der Waals surface area contributed by atoms with Crippen LogP contribution >= 0.6 is 11.8 Å². The smallest absolute Gasteiger partial charge is 0.272 e. The molecule has 1 saturated heterocycles. The second kappa shape index (κ2) is 7.17. The van der Waals surface area contributed by atoms with Crippen LogP contribution in [0.3, 0.4) is 0 Å². The third kappa shape index (κ3) is 3.98. The van der Waals surface area contributed by atoms with E-state index >= 15 is 0 Å². The summed E-state index contributed by atoms with van der Waals surface area (Å²) in [6.45, 7) is 1.65. The van der Waals surface area contributed by atoms with Gasteiger partial charge >= 0.3 is 0 Å². The number of aromatic nitrogens is 1. The zero-order chi connectivity index (χ0) is 13.5. The molecule has 0 radical (unpaired) electrons. The van der Waals surface area contributed by atoms with E-state index in [4.69, 9.17) is 5.11 Å². The Hall–Kier alpha value is -1.51. The third-order valence-corrected chi connectivity index (χ3v) is 3.69. The molecular formula is C14H16N2O2S. The Kier molecular flexibility index (Phi) is 5.25. The summed E-state index contributed by atoms with van der Waals surface area (Å²) in [6.07, 6.45) is 2.06. The predicted molar refractivity (Wildman–Crippen MR) is 76.0 cm³/mol. The van der Waals surface area contributed by atoms with Crippen LogP contribution in [0, 0.1) is 11.8 Å². The molecule has 1 fully saturated rings. The van der Waals surface area contributed by atoms with Crippen molar-refractivity contribution in [1.82, 2.24) is 9.88 Å². The predicted octanol–water partition coefficient (Wildman–Crippen LogP) is 1.00. The molecule has 2 rings (SSSR count). The van der Waals surface area contributed by atoms with Gasteiger partial charge in [-0.1, -0.05) is 11.8 Å². The topological polar surface area (TPSA) is 53.4 Å². The summed E-state index contributed by atoms with van der Waals surface area (Å²) in [6, 6.07) is 3.51. The van der Waals surface area contributed by atoms with Gasteiger partial charge < -0.3 is 10.0 Å². The van der Waals surface area contributed by atoms with Gasteiger partial charge in [0.15, 0.2) is 0 Å². The first kappa shape index (κ1) is 13.9. The van der Waals surface area contributed by atoms with Crippen LogP contribution in [0.25, 0.3) is 0 Å². The Morgan fingerprint density at radius 2 is 2.21 bits per heavy atom. The van der Waals surface area contributed by atoms with Crippen LogP contribution in [0.4, 0.5) is 0 Å². The number of aliphatic hydroxyl groups excluding tert-OH is 1. The summed E-state index contributed by atoms with van der Waals surface area (Å²) in [7, 11) is 0. The summed E-state index contributed by atoms with van der Waals surface area (Å²) >= 11 is 1.87. The fraction of sp³-hybridized carbons (Fsp3) is 0.429. The van der Waals surface area contributed by atoms with Crippen molar-refractivity contribution in [2.24, 2.45) is 0 Å². The molecule has 1 aliphatic rings. The second-order valence-corrected chi connectivity index (χ2v) is 5.34. The number of amides is 1. The maximum atomic E-state index is 12.2. The molecule has 0 spiro atoms. The number of hydrogen-bond acceptors (Lipinski definition) is 4. The highest BCUT2D eigenvalue weighted by Gasteiger charge is 2.18. The van der Waals surface area contributed by atoms with Crippen molar-refractivity contribution >= 4 is 17.7 Å². The van der Waals surface area contributed by atoms with Crippen LogP contribution < -0.4 is 0 Å². The van der Waals surface area contributed by atoms with Gasteiger partial charge in [-0.3, -0.25) is 4.79 Å². The SMILES string of the molecule is O=C(c1ccc(C#CCCO)cn1)N1CCSCC1. The lowest BCUT2D eigenvalue weighted by Gasteiger charge is -2.25. The van der Waals surface area contributed by atoms with E-state index in [0.717, 1.165) is 30.2 Å². The van der Waals surface area contributed by atoms with Gasteiger partial charge in [0, 0.05) is 42.8 Å². The molecule has 1 aliphatic heterocycles. The summed E-state index contributed by atoms with van der Waals surface area (Å²) in [5.74, 6) is 7.70. The normalized spacial score (nSPS) is 14.7. The average molecular weight is 276 g/mol. The van der Waals surface area contributed by atoms with Crippen molar-refractivity contribution in [2.45, 2.75) is 6.42 Å². The number of nitrogens with zero attached hydrogens (tertiary/aromatic N) is 2. The molecule has 0 saturated carbocycles. The van der Waals surface area contributed by atoms with Crippen LogP contribution in [-0.4, -0.2) is 52.1 Å². The Balaban J connectivity index is 2.01. The van der Waals surface area contributed by atoms with E-state index in [9.17, 15) is 4.79 Å². The Bertz CT molecular complexity index is 484. The van der Waals surface area contributed by atoms with Gasteiger partial charge in [-0.2, -0.15) is 11.8 Å². The molecule has 0 aromatic carbocycles. The lowest BCUT2D eigenvalue weighted by atomic mass is 10.2. The van der Waals surface area contributed by atoms with Gasteiger partial charge in [-0.25, -0.2) is 4.98 Å². The van der Waals surface area contributed by atoms with Crippen molar-refractivity contribution < 1.29 is 9.90 Å². The minimum absolute atomic E-state index is 0.00447. The number of pyridine rings is 1. The van der Waals surface area contributed by atoms with Gasteiger partial charge in [0.2, 0.25) is 0 Å². The molecule has 4 nitrogen and oxygen atoms in total. The van der Waals surface area contributed by atoms with E-state index in [1.807, 2.05) is 16.7 Å². The monoisotopic (exact) mass is 276 g/mol. The van der Waals surface area contributed by atoms with Crippen molar-refractivity contribution in [1.29, 1.82) is 0 Å². The number of hydrogen-bond donors (Lipinski definition) is 1. The van der Waals surface area contributed by atoms with Gasteiger partial charge in [0.1, 0.15) is 5.69 Å². The van der Waals surface area contributed by atoms with E-state index < -0.39 is 0 Å². The number of thioether (sulfide) groups is 1. The highest BCUT2D eigenvalue weighted by Crippen LogP contribution is 2.12. The molecule has 2 heterocycles. The van der Waals surface area contributed by atoms with Crippen LogP contribution in [0.2, 0.25) is 0 Å². The molecule has 1 N–H and O–H groups in total. The maximum Gasteiger partial charge on any atom is 0.272 e. The van der Waals surface area contributed by atoms with Crippen molar-refractivity contribution in [2.75, 3.05) is 31.2 Å². The number of carbonyl (C=O) groups is 1. The first-order chi connectivity index (χ1) is 9.31. The van der Waals surface area contributed by atoms with E-state index in [-0.39, 0.29) is 12.5 Å². The van der Waals surface area contributed by atoms with Crippen LogP contribution in [0.15, 0.2) is 18.3 Å². The molecule has 1 aromatic rings. The van der Waals surface area contributed by atoms with E-state index in [1.165, 1.54) is 0 Å². The highest BCUT2D eigenvalue weighted by molar-refractivity contribution is 7.99. The standard InChI is InChI=1S/C14H16N2O2S/c17-8-2-1-3-12-4-5-13(15-11-12)14(18)16-6-9-19-10-7-16/h4-5,11,17H,2,6-10H2. The van der Waals surface area contributed by atoms with Gasteiger partial charge in [0.05, 0.1) is 6.61 Å². The summed E-state index contributed by atoms with van der Waals surface area (Å²) in [5.41, 5.74) is 1.24. The quantitative estimate of drug-likeness (QED) is 0.819. The number of rotatable bonds is 2. The summed E-state index contributed by atoms with van der Waals surface area (Å²) < 4.78 is 0. The first-order valence-corrected chi connectivity index (χ1v) is 7.39. The molecule has 100 valence electrons. The van der Waals surface area contributed by atoms with Crippen molar-refractivity contribution in [3.8, 4) is 11.8 Å². The molecule has 0 bridgehead atoms. The van der Waals surface area contributed by atoms with Crippen LogP contribution in [0.1, 0.15) is 22.5 Å². The largest absolute Gasteiger partial charge is 0.395 e. The molecule has 0 unspecified atom stereocenters. The van der Waals surface area contributed by atoms with Gasteiger partial charge in [-0.15, -0.1) is 0 Å². The highest BCUT2D eigenvalue weighted by atomic mass is 32.2. The van der Waals surface area contributed by atoms with Crippen LogP contribution in [-0.2, 0) is 0 Å². The van der Waals surface area contributed by atoms with Gasteiger partial charge in [0.25, 0.3) is 5.91 Å². The van der Waals surface area contributed by atoms with Crippen LogP contribution in [0.5, 0.6) is 0 Å². The molecular weight excluding hydrogens is 260 g/mol. The molecule has 1 aromatic heterocycles. The Morgan fingerprint density at radius 3 is 2.84 bits per heavy atom. The maximum absolute atomic E-state index is 12.2. The summed E-state index contributed by atoms with van der Waals surface area (Å²) in [5, 5.41) is 8.64. The molecule has 5 heteroatoms. The Labute approximate surface area is 117 Å². The zero-order valence-corrected chi connectivity index (χ0v) is 11.4. The van der Waals surface area contributed by atoms with Crippen molar-refractivity contribution in [3.05, 3.63) is 29.6 Å². The van der Waals surface area contributed by atoms with E-state index in [0.29, 0.717) is 12.1 Å². The lowest BCUT2D eigenvalue weighted by Crippen LogP contribution is -2.38. The molecule has 0 atom stereocenters. The fourth-order valence-corrected chi connectivity index (χ4v) is 2.65. The van der Waals surface area contributed by atoms with Gasteiger partial charge in [-0.05, 0) is 12.1 Å². The molecule has 19 heavy (non-hydrogen) atoms. The second-order valence-electron chi connectivity index (χ2n) is 4.11. The molecule has 0 aliphatic carbocycles. The molecule has 1 amide bonds. The Morgan fingerprint density at radius 1 is 1.42 bits per heavy atom. The lowest BCUT2D eigenvalue weighted by molar-refractivity contribution is 0.0766. The summed E-state index contributed by atoms with van der Waals surface area (Å²) in [4.78, 5) is 18.2. The van der Waals surface area contributed by atoms with Crippen molar-refractivity contribution in [3.63, 3.8) is 0 Å². The van der Waals surface area contributed by atoms with E-state index in [1.54, 1.807) is 18.3 Å².